The van der Waals surface area contributed by atoms with Crippen molar-refractivity contribution >= 4 is 45.8 Å². The number of hydrogen-bond donors (Lipinski definition) is 5. The topological polar surface area (TPSA) is 166 Å². The van der Waals surface area contributed by atoms with Gasteiger partial charge in [0.05, 0.1) is 5.52 Å². The fourth-order valence-electron chi connectivity index (χ4n) is 3.66. The average Bonchev–Trinajstić information content (AvgIpc) is 3.23. The number of ether oxygens (including phenoxy) is 1. The van der Waals surface area contributed by atoms with Gasteiger partial charge in [0, 0.05) is 24.7 Å². The Morgan fingerprint density at radius 3 is 2.53 bits per heavy atom. The van der Waals surface area contributed by atoms with Crippen LogP contribution in [0.15, 0.2) is 52.1 Å². The maximum absolute atomic E-state index is 12.5. The van der Waals surface area contributed by atoms with Gasteiger partial charge in [-0.1, -0.05) is 12.1 Å². The third-order valence-electron chi connectivity index (χ3n) is 5.47. The molecule has 0 fully saturated rings. The van der Waals surface area contributed by atoms with Crippen molar-refractivity contribution in [3.63, 3.8) is 0 Å². The summed E-state index contributed by atoms with van der Waals surface area (Å²) in [6.07, 6.45) is -0.632. The summed E-state index contributed by atoms with van der Waals surface area (Å²) in [4.78, 5) is 50.2. The number of aromatic nitrogens is 2. The van der Waals surface area contributed by atoms with E-state index in [1.807, 2.05) is 0 Å². The third kappa shape index (κ3) is 5.91. The van der Waals surface area contributed by atoms with E-state index in [-0.39, 0.29) is 36.0 Å². The van der Waals surface area contributed by atoms with E-state index in [1.165, 1.54) is 13.1 Å². The molecule has 2 amide bonds. The van der Waals surface area contributed by atoms with Gasteiger partial charge in [0.2, 0.25) is 5.91 Å². The Morgan fingerprint density at radius 2 is 1.82 bits per heavy atom. The van der Waals surface area contributed by atoms with Crippen molar-refractivity contribution in [3.8, 4) is 5.75 Å². The number of anilines is 4. The van der Waals surface area contributed by atoms with Gasteiger partial charge in [0.25, 0.3) is 10.9 Å². The number of aromatic amines is 1. The maximum Gasteiger partial charge on any atom is 0.410 e. The van der Waals surface area contributed by atoms with Crippen LogP contribution >= 0.6 is 0 Å². The Balaban J connectivity index is 1.45. The first-order chi connectivity index (χ1) is 17.9. The number of benzene rings is 2. The normalized spacial score (nSPS) is 11.4. The number of aromatic hydroxyl groups is 1. The molecule has 0 saturated carbocycles. The predicted molar refractivity (Wildman–Crippen MR) is 144 cm³/mol. The molecule has 4 rings (SSSR count). The van der Waals surface area contributed by atoms with E-state index in [0.29, 0.717) is 16.6 Å². The summed E-state index contributed by atoms with van der Waals surface area (Å²) in [6.45, 7) is 5.19. The van der Waals surface area contributed by atoms with E-state index >= 15 is 0 Å². The van der Waals surface area contributed by atoms with Crippen LogP contribution in [0.3, 0.4) is 0 Å². The molecule has 0 bridgehead atoms. The molecule has 3 aromatic carbocycles. The number of carbonyl (C=O) groups excluding carboxylic acids is 2. The highest BCUT2D eigenvalue weighted by molar-refractivity contribution is 6.02. The number of nitrogens with one attached hydrogen (secondary N) is 4. The van der Waals surface area contributed by atoms with Crippen molar-refractivity contribution in [1.82, 2.24) is 15.1 Å². The number of nitrogens with zero attached hydrogens (tertiary/aromatic N) is 2. The summed E-state index contributed by atoms with van der Waals surface area (Å²) >= 11 is 0. The van der Waals surface area contributed by atoms with Gasteiger partial charge < -0.3 is 30.7 Å². The lowest BCUT2D eigenvalue weighted by molar-refractivity contribution is -0.117. The molecular weight excluding hydrogens is 492 g/mol. The first-order valence-electron chi connectivity index (χ1n) is 11.8. The summed E-state index contributed by atoms with van der Waals surface area (Å²) < 4.78 is 5.25. The minimum Gasteiger partial charge on any atom is -0.508 e. The Labute approximate surface area is 217 Å². The summed E-state index contributed by atoms with van der Waals surface area (Å²) in [6, 6.07) is 11.6. The second-order valence-corrected chi connectivity index (χ2v) is 9.77. The smallest absolute Gasteiger partial charge is 0.410 e. The van der Waals surface area contributed by atoms with Gasteiger partial charge in [-0.3, -0.25) is 19.5 Å². The lowest BCUT2D eigenvalue weighted by Gasteiger charge is -2.24. The van der Waals surface area contributed by atoms with Crippen LogP contribution in [0.4, 0.5) is 27.7 Å². The zero-order chi connectivity index (χ0) is 27.6. The van der Waals surface area contributed by atoms with Crippen LogP contribution in [0.1, 0.15) is 26.3 Å². The van der Waals surface area contributed by atoms with Gasteiger partial charge >= 0.3 is 6.09 Å². The molecule has 12 heteroatoms. The fraction of sp³-hybridized carbons (Fsp3) is 0.269. The second kappa shape index (κ2) is 10.2. The fourth-order valence-corrected chi connectivity index (χ4v) is 3.66. The van der Waals surface area contributed by atoms with Crippen molar-refractivity contribution in [1.29, 1.82) is 0 Å². The Morgan fingerprint density at radius 1 is 1.08 bits per heavy atom. The zero-order valence-corrected chi connectivity index (χ0v) is 21.3. The molecule has 0 aliphatic heterocycles. The largest absolute Gasteiger partial charge is 0.508 e. The first kappa shape index (κ1) is 26.2. The number of likely N-dealkylation sites (N-methyl/N-ethyl adjacent to an activating group) is 1. The number of phenols is 1. The van der Waals surface area contributed by atoms with Crippen LogP contribution in [-0.4, -0.2) is 51.4 Å². The van der Waals surface area contributed by atoms with Crippen molar-refractivity contribution in [2.45, 2.75) is 32.9 Å². The van der Waals surface area contributed by atoms with Gasteiger partial charge in [-0.15, -0.1) is 0 Å². The molecule has 0 aliphatic carbocycles. The molecule has 0 unspecified atom stereocenters. The van der Waals surface area contributed by atoms with E-state index in [9.17, 15) is 24.3 Å². The molecule has 1 heterocycles. The highest BCUT2D eigenvalue weighted by Gasteiger charge is 2.23. The van der Waals surface area contributed by atoms with Crippen molar-refractivity contribution in [2.24, 2.45) is 0 Å². The van der Waals surface area contributed by atoms with Gasteiger partial charge in [-0.05, 0) is 56.7 Å². The van der Waals surface area contributed by atoms with Crippen LogP contribution in [0.2, 0.25) is 0 Å². The van der Waals surface area contributed by atoms with Crippen LogP contribution < -0.4 is 26.8 Å². The molecule has 5 N–H and O–H groups in total. The minimum absolute atomic E-state index is 0.0976. The molecule has 1 aromatic heterocycles. The van der Waals surface area contributed by atoms with Crippen LogP contribution in [-0.2, 0) is 16.1 Å². The van der Waals surface area contributed by atoms with E-state index in [0.717, 1.165) is 10.5 Å². The highest BCUT2D eigenvalue weighted by atomic mass is 16.6. The van der Waals surface area contributed by atoms with Crippen molar-refractivity contribution in [2.75, 3.05) is 29.5 Å². The monoisotopic (exact) mass is 520 g/mol. The third-order valence-corrected chi connectivity index (χ3v) is 5.47. The molecule has 4 aromatic rings. The standard InChI is InChI=1S/C26H28N6O6/c1-26(2,3)38-25(37)32(4)13-19(34)29-24-17-11-15(8-9-18(17)30-31-24)28-21-20(22(35)23(21)36)27-12-14-6-5-7-16(33)10-14/h5-11,27-28,33H,12-13H2,1-4H3,(H2,29,30,31,34). The predicted octanol–water partition coefficient (Wildman–Crippen LogP) is 3.03. The molecule has 0 atom stereocenters. The summed E-state index contributed by atoms with van der Waals surface area (Å²) in [5.74, 6) is -0.148. The van der Waals surface area contributed by atoms with E-state index in [2.05, 4.69) is 26.1 Å². The molecule has 0 spiro atoms. The Kier molecular flexibility index (Phi) is 7.06. The maximum atomic E-state index is 12.5. The molecule has 0 radical (unpaired) electrons. The summed E-state index contributed by atoms with van der Waals surface area (Å²) in [5, 5.41) is 25.7. The molecule has 38 heavy (non-hydrogen) atoms. The zero-order valence-electron chi connectivity index (χ0n) is 21.3. The van der Waals surface area contributed by atoms with Crippen molar-refractivity contribution < 1.29 is 19.4 Å². The van der Waals surface area contributed by atoms with Crippen molar-refractivity contribution in [3.05, 3.63) is 68.5 Å². The molecular formula is C26H28N6O6. The second-order valence-electron chi connectivity index (χ2n) is 9.77. The molecule has 0 aliphatic rings. The molecule has 0 saturated heterocycles. The van der Waals surface area contributed by atoms with E-state index < -0.39 is 28.5 Å². The first-order valence-corrected chi connectivity index (χ1v) is 11.8. The quantitative estimate of drug-likeness (QED) is 0.220. The SMILES string of the molecule is CN(CC(=O)Nc1n[nH]c2ccc(Nc3c(NCc4cccc(O)c4)c(=O)c3=O)cc12)C(=O)OC(C)(C)C. The highest BCUT2D eigenvalue weighted by Crippen LogP contribution is 2.27. The van der Waals surface area contributed by atoms with E-state index in [4.69, 9.17) is 4.74 Å². The number of hydrogen-bond acceptors (Lipinski definition) is 9. The number of fused-ring (bicyclic) bond motifs is 1. The number of rotatable bonds is 8. The minimum atomic E-state index is -0.689. The Bertz CT molecular complexity index is 1580. The van der Waals surface area contributed by atoms with Gasteiger partial charge in [0.15, 0.2) is 5.82 Å². The van der Waals surface area contributed by atoms with Crippen LogP contribution in [0, 0.1) is 0 Å². The molecule has 12 nitrogen and oxygen atoms in total. The van der Waals surface area contributed by atoms with E-state index in [1.54, 1.807) is 57.2 Å². The van der Waals surface area contributed by atoms with Crippen LogP contribution in [0.25, 0.3) is 10.9 Å². The lowest BCUT2D eigenvalue weighted by Crippen LogP contribution is -2.38. The average molecular weight is 521 g/mol. The summed E-state index contributed by atoms with van der Waals surface area (Å²) in [7, 11) is 1.45. The summed E-state index contributed by atoms with van der Waals surface area (Å²) in [5.41, 5.74) is 0.124. The number of H-pyrrole nitrogens is 1. The van der Waals surface area contributed by atoms with Gasteiger partial charge in [-0.25, -0.2) is 4.79 Å². The number of amides is 2. The van der Waals surface area contributed by atoms with Gasteiger partial charge in [-0.2, -0.15) is 5.10 Å². The Hall–Kier alpha value is -4.87. The van der Waals surface area contributed by atoms with Crippen LogP contribution in [0.5, 0.6) is 5.75 Å². The lowest BCUT2D eigenvalue weighted by atomic mass is 10.1. The number of carbonyl (C=O) groups is 2. The molecule has 198 valence electrons. The van der Waals surface area contributed by atoms with Gasteiger partial charge in [0.1, 0.15) is 29.3 Å². The number of phenolic OH excluding ortho intramolecular Hbond substituents is 1.